The van der Waals surface area contributed by atoms with Gasteiger partial charge in [-0.1, -0.05) is 188 Å². The van der Waals surface area contributed by atoms with Crippen molar-refractivity contribution in [3.8, 4) is 45.5 Å². The fourth-order valence-corrected chi connectivity index (χ4v) is 9.17. The van der Waals surface area contributed by atoms with E-state index in [-0.39, 0.29) is 0 Å². The van der Waals surface area contributed by atoms with Crippen molar-refractivity contribution in [2.45, 2.75) is 0 Å². The van der Waals surface area contributed by atoms with Crippen molar-refractivity contribution < 1.29 is 0 Å². The van der Waals surface area contributed by atoms with Crippen molar-refractivity contribution in [3.05, 3.63) is 224 Å². The molecule has 0 fully saturated rings. The van der Waals surface area contributed by atoms with Gasteiger partial charge in [0.15, 0.2) is 5.82 Å². The predicted molar refractivity (Wildman–Crippen MR) is 257 cm³/mol. The van der Waals surface area contributed by atoms with Gasteiger partial charge in [-0.25, -0.2) is 0 Å². The first-order chi connectivity index (χ1) is 30.8. The maximum Gasteiger partial charge on any atom is 0.240 e. The smallest absolute Gasteiger partial charge is 0.240 e. The van der Waals surface area contributed by atoms with Crippen LogP contribution in [0.2, 0.25) is 0 Å². The van der Waals surface area contributed by atoms with Crippen molar-refractivity contribution in [1.82, 2.24) is 24.1 Å². The molecule has 0 N–H and O–H groups in total. The zero-order chi connectivity index (χ0) is 41.0. The van der Waals surface area contributed by atoms with Crippen LogP contribution in [-0.2, 0) is 0 Å². The van der Waals surface area contributed by atoms with E-state index in [9.17, 15) is 0 Å². The average Bonchev–Trinajstić information content (AvgIpc) is 3.69. The molecule has 0 atom stereocenters. The first kappa shape index (κ1) is 35.5. The van der Waals surface area contributed by atoms with Crippen LogP contribution in [0.3, 0.4) is 0 Å². The van der Waals surface area contributed by atoms with Crippen LogP contribution in [0.5, 0.6) is 0 Å². The minimum absolute atomic E-state index is 0.516. The van der Waals surface area contributed by atoms with Gasteiger partial charge in [0.05, 0.1) is 22.1 Å². The van der Waals surface area contributed by atoms with Crippen LogP contribution in [0.25, 0.3) is 111 Å². The quantitative estimate of drug-likeness (QED) is 0.174. The molecule has 0 bridgehead atoms. The molecule has 0 unspecified atom stereocenters. The molecule has 0 amide bonds. The van der Waals surface area contributed by atoms with Crippen LogP contribution < -0.4 is 0 Å². The van der Waals surface area contributed by atoms with E-state index in [1.165, 1.54) is 10.8 Å². The number of nitrogens with zero attached hydrogens (tertiary/aromatic N) is 5. The number of fused-ring (bicyclic) bond motifs is 10. The molecule has 9 aromatic carbocycles. The largest absolute Gasteiger partial charge is 0.278 e. The van der Waals surface area contributed by atoms with E-state index < -0.39 is 0 Å². The summed E-state index contributed by atoms with van der Waals surface area (Å²) in [6, 6.07) is 79.4. The Balaban J connectivity index is 1.23. The van der Waals surface area contributed by atoms with E-state index in [2.05, 4.69) is 215 Å². The van der Waals surface area contributed by atoms with Crippen molar-refractivity contribution >= 4 is 65.2 Å². The van der Waals surface area contributed by atoms with Crippen molar-refractivity contribution in [3.63, 3.8) is 0 Å². The van der Waals surface area contributed by atoms with Gasteiger partial charge in [0.1, 0.15) is 0 Å². The Morgan fingerprint density at radius 3 is 0.968 bits per heavy atom. The predicted octanol–water partition coefficient (Wildman–Crippen LogP) is 14.5. The van der Waals surface area contributed by atoms with Gasteiger partial charge in [-0.15, -0.1) is 0 Å². The minimum atomic E-state index is 0.516. The zero-order valence-corrected chi connectivity index (χ0v) is 33.6. The standard InChI is InChI=1S/C57H37N5/c1-4-18-38(19-5-1)41-32-34-53-49(36-41)50-37-42(39-20-6-2-7-21-39)33-35-54(50)62(53)57-59-55(40-22-8-3-9-23-40)58-56(60-57)61-51-30-16-14-28-47(51)45-26-12-10-24-43(45)44-25-11-13-27-46(44)48-29-15-17-31-52(48)61/h1-37H. The zero-order valence-electron chi connectivity index (χ0n) is 33.6. The molecule has 3 heterocycles. The lowest BCUT2D eigenvalue weighted by molar-refractivity contribution is 0.891. The maximum atomic E-state index is 5.57. The van der Waals surface area contributed by atoms with E-state index in [1.54, 1.807) is 0 Å². The molecule has 12 aromatic rings. The summed E-state index contributed by atoms with van der Waals surface area (Å²) in [5, 5.41) is 9.01. The molecule has 5 heteroatoms. The van der Waals surface area contributed by atoms with Gasteiger partial charge in [-0.2, -0.15) is 15.0 Å². The Labute approximate surface area is 357 Å². The van der Waals surface area contributed by atoms with Crippen LogP contribution >= 0.6 is 0 Å². The molecule has 0 saturated carbocycles. The van der Waals surface area contributed by atoms with Crippen molar-refractivity contribution in [2.75, 3.05) is 0 Å². The number of benzene rings is 9. The number of hydrogen-bond acceptors (Lipinski definition) is 3. The summed E-state index contributed by atoms with van der Waals surface area (Å²) in [5.41, 5.74) is 9.48. The molecule has 3 aromatic heterocycles. The fourth-order valence-electron chi connectivity index (χ4n) is 9.17. The van der Waals surface area contributed by atoms with E-state index in [0.29, 0.717) is 17.7 Å². The molecule has 5 nitrogen and oxygen atoms in total. The summed E-state index contributed by atoms with van der Waals surface area (Å²) in [4.78, 5) is 16.3. The van der Waals surface area contributed by atoms with Crippen LogP contribution in [0.1, 0.15) is 0 Å². The molecular weight excluding hydrogens is 755 g/mol. The minimum Gasteiger partial charge on any atom is -0.278 e. The molecule has 12 rings (SSSR count). The van der Waals surface area contributed by atoms with Gasteiger partial charge >= 0.3 is 0 Å². The molecule has 62 heavy (non-hydrogen) atoms. The highest BCUT2D eigenvalue weighted by Gasteiger charge is 2.21. The molecular formula is C57H37N5. The molecule has 290 valence electrons. The van der Waals surface area contributed by atoms with Gasteiger partial charge in [-0.3, -0.25) is 9.13 Å². The van der Waals surface area contributed by atoms with Crippen molar-refractivity contribution in [1.29, 1.82) is 0 Å². The van der Waals surface area contributed by atoms with Crippen LogP contribution in [0.4, 0.5) is 0 Å². The number of hydrogen-bond donors (Lipinski definition) is 0. The maximum absolute atomic E-state index is 5.57. The third-order valence-electron chi connectivity index (χ3n) is 12.0. The van der Waals surface area contributed by atoms with Gasteiger partial charge in [0, 0.05) is 27.1 Å². The van der Waals surface area contributed by atoms with Gasteiger partial charge in [0.2, 0.25) is 11.9 Å². The lowest BCUT2D eigenvalue weighted by Crippen LogP contribution is -2.11. The Kier molecular flexibility index (Phi) is 8.42. The Bertz CT molecular complexity index is 3540. The first-order valence-electron chi connectivity index (χ1n) is 21.0. The summed E-state index contributed by atoms with van der Waals surface area (Å²) >= 11 is 0. The normalized spacial score (nSPS) is 11.5. The summed E-state index contributed by atoms with van der Waals surface area (Å²) in [6.45, 7) is 0. The van der Waals surface area contributed by atoms with Crippen LogP contribution in [0.15, 0.2) is 224 Å². The SMILES string of the molecule is c1ccc(-c2ccc3c(c2)c2cc(-c4ccccc4)ccc2n3-c2nc(-c3ccccc3)nc(-n3c4ccccc4c4ccccc4c4ccccc4c4ccccc43)n2)cc1. The third-order valence-corrected chi connectivity index (χ3v) is 12.0. The van der Waals surface area contributed by atoms with E-state index >= 15 is 0 Å². The van der Waals surface area contributed by atoms with Crippen LogP contribution in [-0.4, -0.2) is 24.1 Å². The highest BCUT2D eigenvalue weighted by molar-refractivity contribution is 6.19. The summed E-state index contributed by atoms with van der Waals surface area (Å²) in [6.07, 6.45) is 0. The molecule has 0 saturated heterocycles. The summed E-state index contributed by atoms with van der Waals surface area (Å²) in [5.74, 6) is 1.63. The van der Waals surface area contributed by atoms with Crippen LogP contribution in [0, 0.1) is 0 Å². The first-order valence-corrected chi connectivity index (χ1v) is 21.0. The molecule has 0 aliphatic rings. The van der Waals surface area contributed by atoms with Crippen molar-refractivity contribution in [2.24, 2.45) is 0 Å². The molecule has 0 radical (unpaired) electrons. The van der Waals surface area contributed by atoms with Gasteiger partial charge in [0.25, 0.3) is 0 Å². The lowest BCUT2D eigenvalue weighted by atomic mass is 10.0. The van der Waals surface area contributed by atoms with E-state index in [4.69, 9.17) is 15.0 Å². The number of rotatable bonds is 5. The average molecular weight is 792 g/mol. The highest BCUT2D eigenvalue weighted by atomic mass is 15.3. The second kappa shape index (κ2) is 14.7. The second-order valence-corrected chi connectivity index (χ2v) is 15.6. The fraction of sp³-hybridized carbons (Fsp3) is 0. The van der Waals surface area contributed by atoms with Gasteiger partial charge in [-0.05, 0) is 80.2 Å². The Hall–Kier alpha value is -8.41. The molecule has 0 aliphatic carbocycles. The molecule has 0 aliphatic heterocycles. The second-order valence-electron chi connectivity index (χ2n) is 15.6. The topological polar surface area (TPSA) is 48.5 Å². The summed E-state index contributed by atoms with van der Waals surface area (Å²) < 4.78 is 4.45. The van der Waals surface area contributed by atoms with Gasteiger partial charge < -0.3 is 0 Å². The van der Waals surface area contributed by atoms with E-state index in [0.717, 1.165) is 82.2 Å². The number of aromatic nitrogens is 5. The van der Waals surface area contributed by atoms with E-state index in [1.807, 2.05) is 18.2 Å². The Morgan fingerprint density at radius 1 is 0.226 bits per heavy atom. The third kappa shape index (κ3) is 5.90. The summed E-state index contributed by atoms with van der Waals surface area (Å²) in [7, 11) is 0. The Morgan fingerprint density at radius 2 is 0.548 bits per heavy atom. The lowest BCUT2D eigenvalue weighted by Gasteiger charge is -2.15. The highest BCUT2D eigenvalue weighted by Crippen LogP contribution is 2.38. The number of para-hydroxylation sites is 2. The monoisotopic (exact) mass is 791 g/mol. The molecule has 0 spiro atoms.